The van der Waals surface area contributed by atoms with E-state index in [-0.39, 0.29) is 11.9 Å². The summed E-state index contributed by atoms with van der Waals surface area (Å²) >= 11 is 0. The predicted octanol–water partition coefficient (Wildman–Crippen LogP) is 3.82. The molecule has 3 amide bonds. The lowest BCUT2D eigenvalue weighted by atomic mass is 9.87. The maximum atomic E-state index is 13.0. The average molecular weight is 438 g/mol. The fourth-order valence-corrected chi connectivity index (χ4v) is 4.39. The van der Waals surface area contributed by atoms with E-state index in [9.17, 15) is 9.59 Å². The van der Waals surface area contributed by atoms with Gasteiger partial charge < -0.3 is 14.5 Å². The molecule has 2 fully saturated rings. The van der Waals surface area contributed by atoms with Crippen molar-refractivity contribution in [2.24, 2.45) is 5.92 Å². The fraction of sp³-hybridized carbons (Fsp3) is 0.500. The molecule has 2 aromatic rings. The second-order valence-corrected chi connectivity index (χ2v) is 8.49. The third kappa shape index (κ3) is 5.96. The van der Waals surface area contributed by atoms with Gasteiger partial charge in [0.05, 0.1) is 6.61 Å². The Bertz CT molecular complexity index is 894. The number of carbonyl (C=O) groups is 2. The molecule has 0 spiro atoms. The van der Waals surface area contributed by atoms with E-state index < -0.39 is 0 Å². The maximum absolute atomic E-state index is 13.0. The largest absolute Gasteiger partial charge is 0.494 e. The molecule has 1 aromatic heterocycles. The van der Waals surface area contributed by atoms with Gasteiger partial charge in [0, 0.05) is 37.9 Å². The molecule has 4 rings (SSSR count). The smallest absolute Gasteiger partial charge is 0.323 e. The number of nitrogens with zero attached hydrogens (tertiary/aromatic N) is 4. The van der Waals surface area contributed by atoms with Gasteiger partial charge in [-0.25, -0.2) is 4.79 Å². The third-order valence-corrected chi connectivity index (χ3v) is 6.26. The summed E-state index contributed by atoms with van der Waals surface area (Å²) in [5, 5.41) is 10.4. The van der Waals surface area contributed by atoms with Crippen LogP contribution in [0.15, 0.2) is 42.6 Å². The van der Waals surface area contributed by atoms with Crippen molar-refractivity contribution in [3.63, 3.8) is 0 Å². The molecule has 0 atom stereocenters. The van der Waals surface area contributed by atoms with Crippen LogP contribution in [0, 0.1) is 5.92 Å². The minimum absolute atomic E-state index is 0.0308. The van der Waals surface area contributed by atoms with Gasteiger partial charge in [-0.1, -0.05) is 38.2 Å². The molecule has 32 heavy (non-hydrogen) atoms. The number of amides is 3. The van der Waals surface area contributed by atoms with Gasteiger partial charge in [0.2, 0.25) is 0 Å². The summed E-state index contributed by atoms with van der Waals surface area (Å²) in [7, 11) is 0. The van der Waals surface area contributed by atoms with E-state index in [1.165, 1.54) is 32.1 Å². The highest BCUT2D eigenvalue weighted by atomic mass is 16.5. The molecule has 1 saturated carbocycles. The first-order chi connectivity index (χ1) is 15.7. The predicted molar refractivity (Wildman–Crippen MR) is 122 cm³/mol. The fourth-order valence-electron chi connectivity index (χ4n) is 4.39. The van der Waals surface area contributed by atoms with Crippen LogP contribution in [0.4, 0.5) is 10.6 Å². The van der Waals surface area contributed by atoms with Crippen molar-refractivity contribution in [2.75, 3.05) is 38.1 Å². The number of aromatic nitrogens is 2. The summed E-state index contributed by atoms with van der Waals surface area (Å²) in [6, 6.07) is 10.6. The first kappa shape index (κ1) is 22.0. The van der Waals surface area contributed by atoms with E-state index in [2.05, 4.69) is 15.5 Å². The van der Waals surface area contributed by atoms with Crippen molar-refractivity contribution in [1.29, 1.82) is 0 Å². The Hall–Kier alpha value is -3.16. The SMILES string of the molecule is O=C(Nc1cccnn1)N1CCN(C(=O)c2cccc(OCCC3CCCCC3)c2)CC1. The summed E-state index contributed by atoms with van der Waals surface area (Å²) in [6.45, 7) is 2.60. The minimum atomic E-state index is -0.231. The molecule has 2 aliphatic rings. The van der Waals surface area contributed by atoms with Gasteiger partial charge >= 0.3 is 6.03 Å². The number of benzene rings is 1. The second kappa shape index (κ2) is 10.9. The van der Waals surface area contributed by atoms with Crippen LogP contribution in [0.3, 0.4) is 0 Å². The Labute approximate surface area is 188 Å². The van der Waals surface area contributed by atoms with E-state index in [0.29, 0.717) is 44.2 Å². The lowest BCUT2D eigenvalue weighted by Gasteiger charge is -2.34. The highest BCUT2D eigenvalue weighted by Crippen LogP contribution is 2.26. The number of carbonyl (C=O) groups excluding carboxylic acids is 2. The third-order valence-electron chi connectivity index (χ3n) is 6.26. The molecule has 0 bridgehead atoms. The lowest BCUT2D eigenvalue weighted by molar-refractivity contribution is 0.0671. The molecule has 1 aromatic carbocycles. The molecule has 0 radical (unpaired) electrons. The number of urea groups is 1. The topological polar surface area (TPSA) is 87.7 Å². The Morgan fingerprint density at radius 3 is 2.53 bits per heavy atom. The zero-order chi connectivity index (χ0) is 22.2. The van der Waals surface area contributed by atoms with Crippen molar-refractivity contribution >= 4 is 17.8 Å². The molecule has 8 heteroatoms. The standard InChI is InChI=1S/C24H31N5O3/c30-23(20-8-4-9-21(18-20)32-17-11-19-6-2-1-3-7-19)28-13-15-29(16-14-28)24(31)26-22-10-5-12-25-27-22/h4-5,8-10,12,18-19H,1-3,6-7,11,13-17H2,(H,26,27,31). The van der Waals surface area contributed by atoms with Crippen LogP contribution in [0.2, 0.25) is 0 Å². The highest BCUT2D eigenvalue weighted by Gasteiger charge is 2.25. The number of nitrogens with one attached hydrogen (secondary N) is 1. The van der Waals surface area contributed by atoms with Gasteiger partial charge in [-0.05, 0) is 42.7 Å². The molecule has 2 heterocycles. The quantitative estimate of drug-likeness (QED) is 0.742. The van der Waals surface area contributed by atoms with Crippen LogP contribution in [-0.4, -0.2) is 64.7 Å². The summed E-state index contributed by atoms with van der Waals surface area (Å²) in [6.07, 6.45) is 9.29. The Morgan fingerprint density at radius 1 is 1.00 bits per heavy atom. The van der Waals surface area contributed by atoms with Gasteiger partial charge in [0.1, 0.15) is 5.75 Å². The zero-order valence-electron chi connectivity index (χ0n) is 18.4. The Balaban J connectivity index is 1.24. The monoisotopic (exact) mass is 437 g/mol. The molecule has 1 saturated heterocycles. The molecule has 0 unspecified atom stereocenters. The number of anilines is 1. The van der Waals surface area contributed by atoms with Gasteiger partial charge in [-0.3, -0.25) is 10.1 Å². The maximum Gasteiger partial charge on any atom is 0.323 e. The molecule has 170 valence electrons. The van der Waals surface area contributed by atoms with Crippen molar-refractivity contribution in [1.82, 2.24) is 20.0 Å². The first-order valence-corrected chi connectivity index (χ1v) is 11.5. The van der Waals surface area contributed by atoms with Gasteiger partial charge in [-0.15, -0.1) is 5.10 Å². The summed E-state index contributed by atoms with van der Waals surface area (Å²) in [5.41, 5.74) is 0.623. The molecular weight excluding hydrogens is 406 g/mol. The van der Waals surface area contributed by atoms with Crippen molar-refractivity contribution in [2.45, 2.75) is 38.5 Å². The van der Waals surface area contributed by atoms with E-state index >= 15 is 0 Å². The number of hydrogen-bond acceptors (Lipinski definition) is 5. The van der Waals surface area contributed by atoms with Crippen LogP contribution >= 0.6 is 0 Å². The summed E-state index contributed by atoms with van der Waals surface area (Å²) in [4.78, 5) is 28.8. The molecule has 1 aliphatic heterocycles. The lowest BCUT2D eigenvalue weighted by Crippen LogP contribution is -2.51. The van der Waals surface area contributed by atoms with Crippen molar-refractivity contribution < 1.29 is 14.3 Å². The molecule has 1 N–H and O–H groups in total. The zero-order valence-corrected chi connectivity index (χ0v) is 18.4. The number of rotatable bonds is 6. The van der Waals surface area contributed by atoms with Crippen LogP contribution in [0.1, 0.15) is 48.9 Å². The minimum Gasteiger partial charge on any atom is -0.494 e. The second-order valence-electron chi connectivity index (χ2n) is 8.49. The normalized spacial score (nSPS) is 17.1. The van der Waals surface area contributed by atoms with Gasteiger partial charge in [0.15, 0.2) is 5.82 Å². The van der Waals surface area contributed by atoms with Gasteiger partial charge in [0.25, 0.3) is 5.91 Å². The first-order valence-electron chi connectivity index (χ1n) is 11.5. The molecule has 8 nitrogen and oxygen atoms in total. The Kier molecular flexibility index (Phi) is 7.53. The van der Waals surface area contributed by atoms with E-state index in [0.717, 1.165) is 18.1 Å². The van der Waals surface area contributed by atoms with Gasteiger partial charge in [-0.2, -0.15) is 5.10 Å². The van der Waals surface area contributed by atoms with Crippen LogP contribution in [0.5, 0.6) is 5.75 Å². The number of ether oxygens (including phenoxy) is 1. The summed E-state index contributed by atoms with van der Waals surface area (Å²) in [5.74, 6) is 1.90. The van der Waals surface area contributed by atoms with Crippen LogP contribution < -0.4 is 10.1 Å². The Morgan fingerprint density at radius 2 is 1.78 bits per heavy atom. The van der Waals surface area contributed by atoms with Crippen molar-refractivity contribution in [3.8, 4) is 5.75 Å². The van der Waals surface area contributed by atoms with E-state index in [4.69, 9.17) is 4.74 Å². The molecular formula is C24H31N5O3. The number of piperazine rings is 1. The van der Waals surface area contributed by atoms with Crippen LogP contribution in [-0.2, 0) is 0 Å². The van der Waals surface area contributed by atoms with Crippen LogP contribution in [0.25, 0.3) is 0 Å². The summed E-state index contributed by atoms with van der Waals surface area (Å²) < 4.78 is 5.95. The van der Waals surface area contributed by atoms with E-state index in [1.54, 1.807) is 28.1 Å². The molecule has 1 aliphatic carbocycles. The van der Waals surface area contributed by atoms with E-state index in [1.807, 2.05) is 24.3 Å². The highest BCUT2D eigenvalue weighted by molar-refractivity contribution is 5.95. The average Bonchev–Trinajstić information content (AvgIpc) is 2.85. The number of hydrogen-bond donors (Lipinski definition) is 1. The van der Waals surface area contributed by atoms with Crippen molar-refractivity contribution in [3.05, 3.63) is 48.2 Å².